The van der Waals surface area contributed by atoms with E-state index in [1.807, 2.05) is 0 Å². The van der Waals surface area contributed by atoms with Crippen LogP contribution in [0.1, 0.15) is 0 Å². The van der Waals surface area contributed by atoms with Gasteiger partial charge in [0, 0.05) is 6.20 Å². The third-order valence-electron chi connectivity index (χ3n) is 1.55. The average Bonchev–Trinajstić information content (AvgIpc) is 2.34. The van der Waals surface area contributed by atoms with Crippen molar-refractivity contribution >= 4 is 5.52 Å². The highest BCUT2D eigenvalue weighted by atomic mass is 16.3. The molecule has 0 atom stereocenters. The Morgan fingerprint density at radius 1 is 1.45 bits per heavy atom. The predicted molar refractivity (Wildman–Crippen MR) is 39.7 cm³/mol. The molecule has 56 valence electrons. The van der Waals surface area contributed by atoms with E-state index in [1.54, 1.807) is 18.3 Å². The summed E-state index contributed by atoms with van der Waals surface area (Å²) in [5.74, 6) is -0.0475. The Morgan fingerprint density at radius 3 is 3.00 bits per heavy atom. The van der Waals surface area contributed by atoms with Gasteiger partial charge in [-0.15, -0.1) is 0 Å². The third-order valence-corrected chi connectivity index (χ3v) is 1.55. The van der Waals surface area contributed by atoms with Crippen LogP contribution >= 0.6 is 0 Å². The minimum atomic E-state index is -0.321. The topological polar surface area (TPSA) is 57.5 Å². The van der Waals surface area contributed by atoms with Gasteiger partial charge in [-0.25, -0.2) is 9.20 Å². The van der Waals surface area contributed by atoms with E-state index in [4.69, 9.17) is 0 Å². The number of imidazole rings is 1. The van der Waals surface area contributed by atoms with E-state index in [-0.39, 0.29) is 11.6 Å². The smallest absolute Gasteiger partial charge is 0.332 e. The summed E-state index contributed by atoms with van der Waals surface area (Å²) < 4.78 is 1.19. The van der Waals surface area contributed by atoms with E-state index >= 15 is 0 Å². The molecular formula is C7H6N2O2. The van der Waals surface area contributed by atoms with Gasteiger partial charge < -0.3 is 10.1 Å². The Kier molecular flexibility index (Phi) is 1.03. The Balaban J connectivity index is 3.08. The van der Waals surface area contributed by atoms with Crippen molar-refractivity contribution in [1.29, 1.82) is 0 Å². The van der Waals surface area contributed by atoms with Gasteiger partial charge in [0.1, 0.15) is 0 Å². The lowest BCUT2D eigenvalue weighted by atomic mass is 10.4. The highest BCUT2D eigenvalue weighted by Crippen LogP contribution is 2.08. The zero-order chi connectivity index (χ0) is 7.84. The summed E-state index contributed by atoms with van der Waals surface area (Å²) >= 11 is 0. The molecule has 0 spiro atoms. The summed E-state index contributed by atoms with van der Waals surface area (Å²) in [6.45, 7) is 0. The summed E-state index contributed by atoms with van der Waals surface area (Å²) in [6.07, 6.45) is 1.54. The number of nitrogens with zero attached hydrogens (tertiary/aromatic N) is 1. The molecule has 0 aliphatic carbocycles. The minimum Gasteiger partial charge on any atom is -0.494 e. The quantitative estimate of drug-likeness (QED) is 0.568. The molecule has 0 aromatic carbocycles. The number of rotatable bonds is 0. The van der Waals surface area contributed by atoms with Crippen LogP contribution in [0.25, 0.3) is 5.52 Å². The zero-order valence-electron chi connectivity index (χ0n) is 5.61. The lowest BCUT2D eigenvalue weighted by molar-refractivity contribution is 0.443. The zero-order valence-corrected chi connectivity index (χ0v) is 5.61. The fourth-order valence-electron chi connectivity index (χ4n) is 1.05. The van der Waals surface area contributed by atoms with Crippen LogP contribution in [0.15, 0.2) is 29.2 Å². The molecule has 11 heavy (non-hydrogen) atoms. The monoisotopic (exact) mass is 150 g/mol. The normalized spacial score (nSPS) is 10.5. The fourth-order valence-corrected chi connectivity index (χ4v) is 1.05. The second-order valence-corrected chi connectivity index (χ2v) is 2.24. The summed E-state index contributed by atoms with van der Waals surface area (Å²) in [5.41, 5.74) is 0.341. The first-order valence-electron chi connectivity index (χ1n) is 3.17. The molecule has 0 saturated heterocycles. The van der Waals surface area contributed by atoms with Crippen molar-refractivity contribution < 1.29 is 5.11 Å². The van der Waals surface area contributed by atoms with Crippen molar-refractivity contribution in [3.05, 3.63) is 34.9 Å². The lowest BCUT2D eigenvalue weighted by Gasteiger charge is -1.93. The summed E-state index contributed by atoms with van der Waals surface area (Å²) in [5, 5.41) is 9.18. The van der Waals surface area contributed by atoms with Gasteiger partial charge in [0.25, 0.3) is 0 Å². The molecule has 2 N–H and O–H groups in total. The van der Waals surface area contributed by atoms with Crippen LogP contribution in [0.2, 0.25) is 0 Å². The minimum absolute atomic E-state index is 0.0475. The molecule has 4 heteroatoms. The number of nitrogens with one attached hydrogen (secondary N) is 1. The Hall–Kier alpha value is -1.71. The van der Waals surface area contributed by atoms with Crippen molar-refractivity contribution in [3.63, 3.8) is 0 Å². The molecule has 0 radical (unpaired) electrons. The maximum absolute atomic E-state index is 10.9. The number of fused-ring (bicyclic) bond motifs is 1. The first-order valence-corrected chi connectivity index (χ1v) is 3.17. The maximum Gasteiger partial charge on any atom is 0.332 e. The fraction of sp³-hybridized carbons (Fsp3) is 0. The molecule has 2 rings (SSSR count). The number of aromatic amines is 1. The number of hydrogen-bond acceptors (Lipinski definition) is 2. The van der Waals surface area contributed by atoms with Crippen molar-refractivity contribution in [1.82, 2.24) is 9.38 Å². The van der Waals surface area contributed by atoms with Gasteiger partial charge in [0.15, 0.2) is 5.88 Å². The van der Waals surface area contributed by atoms with Gasteiger partial charge in [0.2, 0.25) is 0 Å². The molecular weight excluding hydrogens is 144 g/mol. The molecule has 2 heterocycles. The summed E-state index contributed by atoms with van der Waals surface area (Å²) in [4.78, 5) is 13.4. The Bertz CT molecular complexity index is 441. The number of pyridine rings is 1. The molecule has 0 fully saturated rings. The maximum atomic E-state index is 10.9. The molecule has 2 aromatic rings. The van der Waals surface area contributed by atoms with Crippen molar-refractivity contribution in [2.45, 2.75) is 0 Å². The van der Waals surface area contributed by atoms with Crippen molar-refractivity contribution in [3.8, 4) is 5.88 Å². The highest BCUT2D eigenvalue weighted by molar-refractivity contribution is 5.46. The van der Waals surface area contributed by atoms with Gasteiger partial charge in [-0.2, -0.15) is 0 Å². The summed E-state index contributed by atoms with van der Waals surface area (Å²) in [7, 11) is 0. The van der Waals surface area contributed by atoms with Gasteiger partial charge >= 0.3 is 5.69 Å². The predicted octanol–water partition coefficient (Wildman–Crippen LogP) is 0.333. The standard InChI is InChI=1S/C7H6N2O2/c10-6-3-1-2-5-4-8-7(11)9(5)6/h1-4,10H,(H,8,11). The first-order chi connectivity index (χ1) is 5.29. The van der Waals surface area contributed by atoms with Gasteiger partial charge in [-0.05, 0) is 12.1 Å². The van der Waals surface area contributed by atoms with Crippen LogP contribution in [0.5, 0.6) is 5.88 Å². The van der Waals surface area contributed by atoms with Crippen molar-refractivity contribution in [2.24, 2.45) is 0 Å². The SMILES string of the molecule is O=c1[nH]cc2cccc(O)n12. The van der Waals surface area contributed by atoms with Gasteiger partial charge in [-0.3, -0.25) is 0 Å². The molecule has 0 unspecified atom stereocenters. The largest absolute Gasteiger partial charge is 0.494 e. The molecule has 0 saturated carbocycles. The second-order valence-electron chi connectivity index (χ2n) is 2.24. The second kappa shape index (κ2) is 1.88. The van der Waals surface area contributed by atoms with Crippen LogP contribution in [0.3, 0.4) is 0 Å². The lowest BCUT2D eigenvalue weighted by Crippen LogP contribution is -2.08. The number of aromatic hydroxyl groups is 1. The van der Waals surface area contributed by atoms with Crippen LogP contribution in [-0.2, 0) is 0 Å². The summed E-state index contributed by atoms with van der Waals surface area (Å²) in [6, 6.07) is 4.87. The van der Waals surface area contributed by atoms with E-state index in [0.717, 1.165) is 0 Å². The number of H-pyrrole nitrogens is 1. The molecule has 4 nitrogen and oxygen atoms in total. The molecule has 0 amide bonds. The van der Waals surface area contributed by atoms with E-state index in [9.17, 15) is 9.90 Å². The van der Waals surface area contributed by atoms with E-state index in [2.05, 4.69) is 4.98 Å². The van der Waals surface area contributed by atoms with E-state index in [0.29, 0.717) is 5.52 Å². The van der Waals surface area contributed by atoms with Crippen LogP contribution in [-0.4, -0.2) is 14.5 Å². The van der Waals surface area contributed by atoms with E-state index < -0.39 is 0 Å². The Labute approximate surface area is 61.7 Å². The van der Waals surface area contributed by atoms with Crippen LogP contribution in [0.4, 0.5) is 0 Å². The average molecular weight is 150 g/mol. The van der Waals surface area contributed by atoms with Crippen LogP contribution < -0.4 is 5.69 Å². The van der Waals surface area contributed by atoms with Crippen LogP contribution in [0, 0.1) is 0 Å². The van der Waals surface area contributed by atoms with Gasteiger partial charge in [-0.1, -0.05) is 6.07 Å². The molecule has 0 aliphatic rings. The van der Waals surface area contributed by atoms with Gasteiger partial charge in [0.05, 0.1) is 5.52 Å². The molecule has 2 aromatic heterocycles. The van der Waals surface area contributed by atoms with E-state index in [1.165, 1.54) is 10.5 Å². The number of hydrogen-bond donors (Lipinski definition) is 2. The Morgan fingerprint density at radius 2 is 2.27 bits per heavy atom. The molecule has 0 bridgehead atoms. The highest BCUT2D eigenvalue weighted by Gasteiger charge is 1.99. The molecule has 0 aliphatic heterocycles. The van der Waals surface area contributed by atoms with Crippen molar-refractivity contribution in [2.75, 3.05) is 0 Å². The third kappa shape index (κ3) is 0.724. The number of aromatic nitrogens is 2. The first kappa shape index (κ1) is 6.03.